The Morgan fingerprint density at radius 1 is 1.44 bits per heavy atom. The summed E-state index contributed by atoms with van der Waals surface area (Å²) in [7, 11) is -4.98. The zero-order valence-electron chi connectivity index (χ0n) is 3.61. The molecule has 0 unspecified atom stereocenters. The minimum Gasteiger partial charge on any atom is -0.281 e. The maximum atomic E-state index is 11.6. The van der Waals surface area contributed by atoms with Gasteiger partial charge in [-0.2, -0.15) is 12.8 Å². The van der Waals surface area contributed by atoms with Gasteiger partial charge in [0.05, 0.1) is 0 Å². The molecule has 8 heteroatoms. The van der Waals surface area contributed by atoms with Crippen LogP contribution in [0.1, 0.15) is 0 Å². The molecule has 0 saturated carbocycles. The molecule has 0 aliphatic carbocycles. The standard InChI is InChI=1S/CHCl2FO3S.Ag/c2-1(3,4)8(5,6)7;/h(H,5,6,7);. The number of halogens is 3. The average molecular weight is 291 g/mol. The van der Waals surface area contributed by atoms with Crippen LogP contribution in [0.5, 0.6) is 0 Å². The van der Waals surface area contributed by atoms with E-state index < -0.39 is 14.0 Å². The molecule has 0 saturated heterocycles. The van der Waals surface area contributed by atoms with Crippen molar-refractivity contribution in [2.75, 3.05) is 0 Å². The third-order valence-electron chi connectivity index (χ3n) is 0.292. The maximum absolute atomic E-state index is 11.6. The molecule has 1 N–H and O–H groups in total. The van der Waals surface area contributed by atoms with Gasteiger partial charge in [0, 0.05) is 22.4 Å². The summed E-state index contributed by atoms with van der Waals surface area (Å²) in [5.74, 6) is 0. The molecule has 61 valence electrons. The van der Waals surface area contributed by atoms with Gasteiger partial charge in [0.1, 0.15) is 0 Å². The van der Waals surface area contributed by atoms with Gasteiger partial charge in [-0.15, -0.1) is 0 Å². The number of alkyl halides is 3. The van der Waals surface area contributed by atoms with Crippen molar-refractivity contribution >= 4 is 33.3 Å². The van der Waals surface area contributed by atoms with E-state index in [0.29, 0.717) is 0 Å². The van der Waals surface area contributed by atoms with Crippen molar-refractivity contribution in [2.24, 2.45) is 0 Å². The Kier molecular flexibility index (Phi) is 5.01. The minimum absolute atomic E-state index is 0. The van der Waals surface area contributed by atoms with Gasteiger partial charge in [-0.05, 0) is 23.2 Å². The summed E-state index contributed by atoms with van der Waals surface area (Å²) in [4.78, 5) is 0. The molecule has 0 aliphatic rings. The normalized spacial score (nSPS) is 12.4. The van der Waals surface area contributed by atoms with Crippen LogP contribution in [0, 0.1) is 0 Å². The summed E-state index contributed by atoms with van der Waals surface area (Å²) in [6.45, 7) is 0. The summed E-state index contributed by atoms with van der Waals surface area (Å²) in [6.07, 6.45) is 0. The molecular formula is CHAgCl2FO3S. The van der Waals surface area contributed by atoms with Crippen molar-refractivity contribution in [3.63, 3.8) is 0 Å². The van der Waals surface area contributed by atoms with E-state index in [1.165, 1.54) is 0 Å². The van der Waals surface area contributed by atoms with E-state index in [4.69, 9.17) is 4.55 Å². The molecule has 0 heterocycles. The van der Waals surface area contributed by atoms with Gasteiger partial charge < -0.3 is 0 Å². The molecule has 0 fully saturated rings. The topological polar surface area (TPSA) is 54.4 Å². The zero-order valence-corrected chi connectivity index (χ0v) is 7.42. The maximum Gasteiger partial charge on any atom is 0.382 e. The molecule has 0 spiro atoms. The second-order valence-corrected chi connectivity index (χ2v) is 4.12. The Bertz CT molecular complexity index is 171. The molecule has 0 aromatic rings. The second kappa shape index (κ2) is 3.52. The minimum atomic E-state index is -4.98. The fourth-order valence-electron chi connectivity index (χ4n) is 0. The quantitative estimate of drug-likeness (QED) is 0.444. The summed E-state index contributed by atoms with van der Waals surface area (Å²) in [5, 5.41) is 0. The third kappa shape index (κ3) is 4.55. The van der Waals surface area contributed by atoms with E-state index >= 15 is 0 Å². The summed E-state index contributed by atoms with van der Waals surface area (Å²) >= 11 is 8.54. The van der Waals surface area contributed by atoms with Crippen LogP contribution in [-0.2, 0) is 32.5 Å². The van der Waals surface area contributed by atoms with Crippen LogP contribution in [0.25, 0.3) is 0 Å². The van der Waals surface area contributed by atoms with Gasteiger partial charge in [0.2, 0.25) is 0 Å². The van der Waals surface area contributed by atoms with Crippen molar-refractivity contribution in [3.8, 4) is 0 Å². The number of hydrogen-bond acceptors (Lipinski definition) is 2. The van der Waals surface area contributed by atoms with Crippen molar-refractivity contribution in [3.05, 3.63) is 0 Å². The molecule has 9 heavy (non-hydrogen) atoms. The smallest absolute Gasteiger partial charge is 0.281 e. The Morgan fingerprint density at radius 2 is 1.56 bits per heavy atom. The van der Waals surface area contributed by atoms with Crippen LogP contribution >= 0.6 is 23.2 Å². The molecule has 1 radical (unpaired) electrons. The van der Waals surface area contributed by atoms with E-state index in [1.807, 2.05) is 0 Å². The monoisotopic (exact) mass is 289 g/mol. The van der Waals surface area contributed by atoms with Crippen LogP contribution < -0.4 is 0 Å². The first-order chi connectivity index (χ1) is 3.25. The van der Waals surface area contributed by atoms with Crippen molar-refractivity contribution in [1.82, 2.24) is 0 Å². The molecule has 0 atom stereocenters. The summed E-state index contributed by atoms with van der Waals surface area (Å²) in [6, 6.07) is 0. The van der Waals surface area contributed by atoms with E-state index in [2.05, 4.69) is 23.2 Å². The first kappa shape index (κ1) is 12.8. The van der Waals surface area contributed by atoms with E-state index in [1.54, 1.807) is 0 Å². The molecular weight excluding hydrogens is 290 g/mol. The van der Waals surface area contributed by atoms with Gasteiger partial charge in [-0.1, -0.05) is 0 Å². The predicted molar refractivity (Wildman–Crippen MR) is 27.1 cm³/mol. The SMILES string of the molecule is O=S(=O)(O)C(F)(Cl)Cl.[Ag]. The van der Waals surface area contributed by atoms with Gasteiger partial charge >= 0.3 is 14.0 Å². The summed E-state index contributed by atoms with van der Waals surface area (Å²) < 4.78 is 34.8. The van der Waals surface area contributed by atoms with Crippen LogP contribution in [0.4, 0.5) is 4.39 Å². The molecule has 0 aliphatic heterocycles. The van der Waals surface area contributed by atoms with Gasteiger partial charge in [-0.25, -0.2) is 0 Å². The fraction of sp³-hybridized carbons (Fsp3) is 1.00. The van der Waals surface area contributed by atoms with Crippen LogP contribution in [-0.4, -0.2) is 16.9 Å². The largest absolute Gasteiger partial charge is 0.382 e. The summed E-state index contributed by atoms with van der Waals surface area (Å²) in [5.41, 5.74) is 0. The Balaban J connectivity index is 0. The van der Waals surface area contributed by atoms with Gasteiger partial charge in [0.25, 0.3) is 0 Å². The van der Waals surface area contributed by atoms with Crippen LogP contribution in [0.15, 0.2) is 0 Å². The average Bonchev–Trinajstić information content (AvgIpc) is 1.25. The molecule has 0 rings (SSSR count). The van der Waals surface area contributed by atoms with E-state index in [0.717, 1.165) is 0 Å². The van der Waals surface area contributed by atoms with E-state index in [9.17, 15) is 12.8 Å². The van der Waals surface area contributed by atoms with E-state index in [-0.39, 0.29) is 22.4 Å². The molecule has 0 aromatic heterocycles. The molecule has 0 aromatic carbocycles. The van der Waals surface area contributed by atoms with Crippen molar-refractivity contribution in [2.45, 2.75) is 3.92 Å². The molecule has 0 amide bonds. The van der Waals surface area contributed by atoms with Gasteiger partial charge in [-0.3, -0.25) is 4.55 Å². The Morgan fingerprint density at radius 3 is 1.56 bits per heavy atom. The Labute approximate surface area is 76.8 Å². The van der Waals surface area contributed by atoms with Crippen molar-refractivity contribution in [1.29, 1.82) is 0 Å². The molecule has 0 bridgehead atoms. The number of hydrogen-bond donors (Lipinski definition) is 1. The van der Waals surface area contributed by atoms with Crippen LogP contribution in [0.2, 0.25) is 0 Å². The fourth-order valence-corrected chi connectivity index (χ4v) is 0. The predicted octanol–water partition coefficient (Wildman–Crippen LogP) is 0.930. The zero-order chi connectivity index (χ0) is 7.00. The van der Waals surface area contributed by atoms with Gasteiger partial charge in [0.15, 0.2) is 0 Å². The Hall–Kier alpha value is 1.16. The van der Waals surface area contributed by atoms with Crippen molar-refractivity contribution < 1.29 is 39.7 Å². The first-order valence-electron chi connectivity index (χ1n) is 1.29. The van der Waals surface area contributed by atoms with Crippen LogP contribution in [0.3, 0.4) is 0 Å². The second-order valence-electron chi connectivity index (χ2n) is 0.921. The number of rotatable bonds is 1. The third-order valence-corrected chi connectivity index (χ3v) is 2.05. The molecule has 3 nitrogen and oxygen atoms in total. The first-order valence-corrected chi connectivity index (χ1v) is 3.48.